The van der Waals surface area contributed by atoms with Crippen LogP contribution in [0.5, 0.6) is 0 Å². The zero-order valence-corrected chi connectivity index (χ0v) is 17.9. The summed E-state index contributed by atoms with van der Waals surface area (Å²) in [6, 6.07) is 0. The van der Waals surface area contributed by atoms with Crippen LogP contribution in [0, 0.1) is 6.92 Å². The Morgan fingerprint density at radius 2 is 2.19 bits per heavy atom. The Bertz CT molecular complexity index is 621. The summed E-state index contributed by atoms with van der Waals surface area (Å²) in [6.07, 6.45) is 5.03. The minimum Gasteiger partial charge on any atom is -0.383 e. The van der Waals surface area contributed by atoms with Crippen LogP contribution in [-0.4, -0.2) is 65.4 Å². The van der Waals surface area contributed by atoms with E-state index in [1.807, 2.05) is 13.3 Å². The van der Waals surface area contributed by atoms with Crippen molar-refractivity contribution in [3.63, 3.8) is 0 Å². The Morgan fingerprint density at radius 3 is 2.96 bits per heavy atom. The monoisotopic (exact) mass is 419 g/mol. The van der Waals surface area contributed by atoms with Gasteiger partial charge in [0.15, 0.2) is 0 Å². The van der Waals surface area contributed by atoms with Crippen LogP contribution in [0.4, 0.5) is 11.4 Å². The molecule has 0 unspecified atom stereocenters. The van der Waals surface area contributed by atoms with Crippen molar-refractivity contribution in [2.75, 3.05) is 56.9 Å². The summed E-state index contributed by atoms with van der Waals surface area (Å²) in [7, 11) is 8.43. The molecule has 0 aromatic heterocycles. The number of hydrogen-bond donors (Lipinski definition) is 3. The van der Waals surface area contributed by atoms with E-state index in [1.54, 1.807) is 0 Å². The zero-order valence-electron chi connectivity index (χ0n) is 16.3. The number of likely N-dealkylation sites (N-methyl/N-ethyl adjacent to an activating group) is 2. The van der Waals surface area contributed by atoms with E-state index < -0.39 is 0 Å². The predicted octanol–water partition coefficient (Wildman–Crippen LogP) is 2.28. The first kappa shape index (κ1) is 21.3. The minimum atomic E-state index is 0.811. The van der Waals surface area contributed by atoms with Crippen LogP contribution in [0.3, 0.4) is 0 Å². The van der Waals surface area contributed by atoms with Gasteiger partial charge >= 0.3 is 0 Å². The third-order valence-electron chi connectivity index (χ3n) is 4.79. The van der Waals surface area contributed by atoms with Crippen molar-refractivity contribution in [1.29, 1.82) is 0 Å². The summed E-state index contributed by atoms with van der Waals surface area (Å²) in [4.78, 5) is 6.86. The molecule has 2 radical (unpaired) electrons. The van der Waals surface area contributed by atoms with Gasteiger partial charge in [0.25, 0.3) is 0 Å². The molecule has 0 aliphatic carbocycles. The standard InChI is InChI=1S/C19H31BBrN5/c1-4-22-10-12-26(3)11-6-8-23-13-25-18-14(2)16(20)17(21)15-7-5-9-24-19(15)18/h13,22,24H,4-12H2,1-3H3,(H,23,25). The molecule has 0 bridgehead atoms. The fourth-order valence-electron chi connectivity index (χ4n) is 3.16. The van der Waals surface area contributed by atoms with Gasteiger partial charge in [0, 0.05) is 30.7 Å². The first-order valence-corrected chi connectivity index (χ1v) is 10.3. The third kappa shape index (κ3) is 5.73. The second-order valence-electron chi connectivity index (χ2n) is 6.80. The van der Waals surface area contributed by atoms with E-state index >= 15 is 0 Å². The Morgan fingerprint density at radius 1 is 1.38 bits per heavy atom. The van der Waals surface area contributed by atoms with Gasteiger partial charge in [-0.15, -0.1) is 0 Å². The molecular weight excluding hydrogens is 389 g/mol. The van der Waals surface area contributed by atoms with Crippen LogP contribution < -0.4 is 21.4 Å². The van der Waals surface area contributed by atoms with Gasteiger partial charge in [-0.25, -0.2) is 0 Å². The number of fused-ring (bicyclic) bond motifs is 1. The lowest BCUT2D eigenvalue weighted by atomic mass is 9.85. The number of halogens is 1. The fraction of sp³-hybridized carbons (Fsp3) is 0.632. The highest BCUT2D eigenvalue weighted by molar-refractivity contribution is 9.10. The molecule has 0 amide bonds. The van der Waals surface area contributed by atoms with Crippen LogP contribution >= 0.6 is 15.9 Å². The van der Waals surface area contributed by atoms with Crippen molar-refractivity contribution in [2.24, 2.45) is 4.99 Å². The molecule has 0 spiro atoms. The SMILES string of the molecule is [B]c1c(C)c(NC=NCCCN(C)CCNCC)c2c(c1Br)CCCN2. The zero-order chi connectivity index (χ0) is 18.9. The molecule has 7 heteroatoms. The number of nitrogens with zero attached hydrogens (tertiary/aromatic N) is 2. The molecule has 0 fully saturated rings. The summed E-state index contributed by atoms with van der Waals surface area (Å²) in [5.41, 5.74) is 5.33. The molecule has 1 aliphatic rings. The Hall–Kier alpha value is -1.05. The van der Waals surface area contributed by atoms with Gasteiger partial charge in [-0.2, -0.15) is 0 Å². The molecule has 26 heavy (non-hydrogen) atoms. The molecule has 1 heterocycles. The van der Waals surface area contributed by atoms with E-state index in [9.17, 15) is 0 Å². The van der Waals surface area contributed by atoms with Crippen molar-refractivity contribution in [3.8, 4) is 0 Å². The van der Waals surface area contributed by atoms with Gasteiger partial charge in [-0.1, -0.05) is 28.3 Å². The molecule has 2 rings (SSSR count). The summed E-state index contributed by atoms with van der Waals surface area (Å²) < 4.78 is 1.03. The summed E-state index contributed by atoms with van der Waals surface area (Å²) in [5, 5.41) is 10.2. The number of aliphatic imine (C=N–C) groups is 1. The third-order valence-corrected chi connectivity index (χ3v) is 5.69. The quantitative estimate of drug-likeness (QED) is 0.235. The second-order valence-corrected chi connectivity index (χ2v) is 7.59. The largest absolute Gasteiger partial charge is 0.383 e. The highest BCUT2D eigenvalue weighted by Gasteiger charge is 2.20. The Labute approximate surface area is 167 Å². The van der Waals surface area contributed by atoms with Crippen LogP contribution in [-0.2, 0) is 6.42 Å². The molecular formula is C19H31BBrN5. The predicted molar refractivity (Wildman–Crippen MR) is 119 cm³/mol. The lowest BCUT2D eigenvalue weighted by molar-refractivity contribution is 0.330. The molecule has 0 saturated heterocycles. The highest BCUT2D eigenvalue weighted by Crippen LogP contribution is 2.36. The summed E-state index contributed by atoms with van der Waals surface area (Å²) in [5.74, 6) is 0. The smallest absolute Gasteiger partial charge is 0.115 e. The molecule has 1 aromatic carbocycles. The number of hydrogen-bond acceptors (Lipinski definition) is 4. The fourth-order valence-corrected chi connectivity index (χ4v) is 3.86. The Kier molecular flexibility index (Phi) is 8.95. The maximum atomic E-state index is 6.27. The van der Waals surface area contributed by atoms with E-state index in [2.05, 4.69) is 55.7 Å². The second kappa shape index (κ2) is 10.9. The van der Waals surface area contributed by atoms with Crippen molar-refractivity contribution in [3.05, 3.63) is 15.6 Å². The summed E-state index contributed by atoms with van der Waals surface area (Å²) in [6.45, 7) is 10.2. The first-order chi connectivity index (χ1) is 12.6. The van der Waals surface area contributed by atoms with Gasteiger partial charge in [0.2, 0.25) is 0 Å². The van der Waals surface area contributed by atoms with E-state index in [0.717, 1.165) is 85.4 Å². The van der Waals surface area contributed by atoms with Crippen molar-refractivity contribution in [1.82, 2.24) is 10.2 Å². The average molecular weight is 420 g/mol. The van der Waals surface area contributed by atoms with Crippen LogP contribution in [0.1, 0.15) is 30.9 Å². The van der Waals surface area contributed by atoms with Crippen LogP contribution in [0.25, 0.3) is 0 Å². The molecule has 0 saturated carbocycles. The van der Waals surface area contributed by atoms with Gasteiger partial charge in [-0.05, 0) is 57.5 Å². The van der Waals surface area contributed by atoms with E-state index in [4.69, 9.17) is 7.85 Å². The number of nitrogens with one attached hydrogen (secondary N) is 3. The molecule has 1 aliphatic heterocycles. The van der Waals surface area contributed by atoms with Gasteiger partial charge < -0.3 is 20.9 Å². The number of anilines is 2. The average Bonchev–Trinajstić information content (AvgIpc) is 2.65. The topological polar surface area (TPSA) is 51.7 Å². The van der Waals surface area contributed by atoms with E-state index in [-0.39, 0.29) is 0 Å². The maximum absolute atomic E-state index is 6.27. The molecule has 5 nitrogen and oxygen atoms in total. The summed E-state index contributed by atoms with van der Waals surface area (Å²) >= 11 is 3.65. The van der Waals surface area contributed by atoms with Gasteiger partial charge in [-0.3, -0.25) is 4.99 Å². The normalized spacial score (nSPS) is 13.9. The lowest BCUT2D eigenvalue weighted by Crippen LogP contribution is -2.30. The molecule has 3 N–H and O–H groups in total. The van der Waals surface area contributed by atoms with E-state index in [1.165, 1.54) is 5.56 Å². The number of rotatable bonds is 10. The number of benzene rings is 1. The van der Waals surface area contributed by atoms with Crippen LogP contribution in [0.2, 0.25) is 0 Å². The Balaban J connectivity index is 1.86. The lowest BCUT2D eigenvalue weighted by Gasteiger charge is -2.26. The minimum absolute atomic E-state index is 0.811. The van der Waals surface area contributed by atoms with Gasteiger partial charge in [0.1, 0.15) is 7.85 Å². The van der Waals surface area contributed by atoms with Gasteiger partial charge in [0.05, 0.1) is 17.7 Å². The van der Waals surface area contributed by atoms with Crippen molar-refractivity contribution in [2.45, 2.75) is 33.1 Å². The molecule has 1 aromatic rings. The van der Waals surface area contributed by atoms with Crippen molar-refractivity contribution < 1.29 is 0 Å². The molecule has 0 atom stereocenters. The van der Waals surface area contributed by atoms with E-state index in [0.29, 0.717) is 0 Å². The van der Waals surface area contributed by atoms with Crippen LogP contribution in [0.15, 0.2) is 9.47 Å². The maximum Gasteiger partial charge on any atom is 0.115 e. The first-order valence-electron chi connectivity index (χ1n) is 9.54. The highest BCUT2D eigenvalue weighted by atomic mass is 79.9. The van der Waals surface area contributed by atoms with Crippen molar-refractivity contribution >= 4 is 47.0 Å². The molecule has 142 valence electrons.